The first-order valence-corrected chi connectivity index (χ1v) is 12.1. The molecule has 6 heteroatoms. The van der Waals surface area contributed by atoms with Crippen LogP contribution in [0.3, 0.4) is 0 Å². The van der Waals surface area contributed by atoms with Crippen molar-refractivity contribution in [3.05, 3.63) is 48.2 Å². The zero-order valence-electron chi connectivity index (χ0n) is 20.7. The van der Waals surface area contributed by atoms with Gasteiger partial charge in [-0.1, -0.05) is 31.4 Å². The van der Waals surface area contributed by atoms with Gasteiger partial charge in [0, 0.05) is 44.0 Å². The molecule has 1 heterocycles. The Morgan fingerprint density at radius 2 is 1.91 bits per heavy atom. The van der Waals surface area contributed by atoms with Crippen LogP contribution in [-0.2, 0) is 9.53 Å². The molecular weight excluding hydrogens is 418 g/mol. The second-order valence-electron chi connectivity index (χ2n) is 9.07. The normalized spacial score (nSPS) is 19.8. The summed E-state index contributed by atoms with van der Waals surface area (Å²) in [6, 6.07) is 11.0. The highest BCUT2D eigenvalue weighted by molar-refractivity contribution is 5.94. The molecule has 0 bridgehead atoms. The second kappa shape index (κ2) is 12.6. The molecule has 1 aromatic heterocycles. The number of furan rings is 1. The molecule has 3 atom stereocenters. The third kappa shape index (κ3) is 7.46. The second-order valence-corrected chi connectivity index (χ2v) is 9.07. The van der Waals surface area contributed by atoms with E-state index in [1.807, 2.05) is 38.1 Å². The molecule has 6 nitrogen and oxygen atoms in total. The molecule has 1 aliphatic carbocycles. The molecule has 1 aromatic carbocycles. The van der Waals surface area contributed by atoms with E-state index in [2.05, 4.69) is 0 Å². The summed E-state index contributed by atoms with van der Waals surface area (Å²) >= 11 is 0. The number of amides is 1. The van der Waals surface area contributed by atoms with Gasteiger partial charge in [-0.05, 0) is 63.8 Å². The molecule has 1 N–H and O–H groups in total. The van der Waals surface area contributed by atoms with Crippen LogP contribution in [0.2, 0.25) is 0 Å². The van der Waals surface area contributed by atoms with Crippen molar-refractivity contribution in [2.45, 2.75) is 77.4 Å². The van der Waals surface area contributed by atoms with E-state index in [1.165, 1.54) is 0 Å². The van der Waals surface area contributed by atoms with Crippen LogP contribution < -0.4 is 0 Å². The smallest absolute Gasteiger partial charge is 0.303 e. The van der Waals surface area contributed by atoms with E-state index in [-0.39, 0.29) is 30.4 Å². The van der Waals surface area contributed by atoms with Crippen molar-refractivity contribution in [2.75, 3.05) is 13.1 Å². The highest BCUT2D eigenvalue weighted by atomic mass is 16.5. The molecule has 3 unspecified atom stereocenters. The average molecular weight is 457 g/mol. The maximum Gasteiger partial charge on any atom is 0.303 e. The number of carbonyl (C=O) groups excluding carboxylic acids is 1. The number of carbonyl (C=O) groups is 2. The largest absolute Gasteiger partial charge is 0.481 e. The van der Waals surface area contributed by atoms with Crippen LogP contribution in [0.1, 0.15) is 76.9 Å². The zero-order valence-corrected chi connectivity index (χ0v) is 19.7. The van der Waals surface area contributed by atoms with Gasteiger partial charge in [-0.2, -0.15) is 0 Å². The first kappa shape index (κ1) is 23.6. The maximum atomic E-state index is 13.5. The van der Waals surface area contributed by atoms with Crippen molar-refractivity contribution >= 4 is 11.9 Å². The summed E-state index contributed by atoms with van der Waals surface area (Å²) < 4.78 is 20.7. The molecule has 0 spiro atoms. The van der Waals surface area contributed by atoms with Gasteiger partial charge in [-0.3, -0.25) is 9.59 Å². The van der Waals surface area contributed by atoms with Gasteiger partial charge >= 0.3 is 5.97 Å². The van der Waals surface area contributed by atoms with Crippen molar-refractivity contribution in [1.29, 1.82) is 0 Å². The standard InChI is InChI=1S/C27H37NO5/c1-20(2)28(27(31)22-15-13-21(14-16-22)24-11-8-18-33-24)19-23-9-5-6-10-25(23)32-17-7-3-4-12-26(29)30/h8,11,13-16,18,20,23,25H,3-7,9-10,12,17,19H2,1-2H3,(H,29,30)/i19D. The van der Waals surface area contributed by atoms with Crippen LogP contribution in [0.15, 0.2) is 47.1 Å². The number of carboxylic acid groups (broad SMARTS) is 1. The molecule has 2 aromatic rings. The van der Waals surface area contributed by atoms with Crippen molar-refractivity contribution in [3.8, 4) is 11.3 Å². The molecule has 0 saturated heterocycles. The van der Waals surface area contributed by atoms with E-state index in [0.29, 0.717) is 18.6 Å². The highest BCUT2D eigenvalue weighted by Crippen LogP contribution is 2.29. The summed E-state index contributed by atoms with van der Waals surface area (Å²) in [6.07, 6.45) is 7.92. The van der Waals surface area contributed by atoms with Crippen molar-refractivity contribution < 1.29 is 25.2 Å². The Hall–Kier alpha value is -2.60. The van der Waals surface area contributed by atoms with Gasteiger partial charge < -0.3 is 19.2 Å². The lowest BCUT2D eigenvalue weighted by Crippen LogP contribution is -2.44. The number of unbranched alkanes of at least 4 members (excludes halogenated alkanes) is 2. The summed E-state index contributed by atoms with van der Waals surface area (Å²) in [5.74, 6) is -0.192. The summed E-state index contributed by atoms with van der Waals surface area (Å²) in [6.45, 7) is 3.79. The Labute approximate surface area is 198 Å². The van der Waals surface area contributed by atoms with Crippen LogP contribution >= 0.6 is 0 Å². The predicted octanol–water partition coefficient (Wildman–Crippen LogP) is 6.02. The van der Waals surface area contributed by atoms with Gasteiger partial charge in [0.05, 0.1) is 12.4 Å². The molecule has 180 valence electrons. The van der Waals surface area contributed by atoms with Crippen LogP contribution in [0.5, 0.6) is 0 Å². The van der Waals surface area contributed by atoms with Crippen LogP contribution in [0, 0.1) is 5.92 Å². The molecule has 1 saturated carbocycles. The Kier molecular flexibility index (Phi) is 8.99. The fraction of sp³-hybridized carbons (Fsp3) is 0.556. The van der Waals surface area contributed by atoms with Crippen molar-refractivity contribution in [3.63, 3.8) is 0 Å². The molecular formula is C27H37NO5. The van der Waals surface area contributed by atoms with Crippen LogP contribution in [0.25, 0.3) is 11.3 Å². The molecule has 1 fully saturated rings. The minimum absolute atomic E-state index is 0.0403. The minimum atomic E-state index is -0.764. The number of aliphatic carboxylic acids is 1. The number of rotatable bonds is 12. The van der Waals surface area contributed by atoms with Gasteiger partial charge in [-0.15, -0.1) is 0 Å². The van der Waals surface area contributed by atoms with Gasteiger partial charge in [-0.25, -0.2) is 0 Å². The van der Waals surface area contributed by atoms with E-state index < -0.39 is 12.5 Å². The van der Waals surface area contributed by atoms with Crippen LogP contribution in [-0.4, -0.2) is 47.2 Å². The van der Waals surface area contributed by atoms with E-state index in [1.54, 1.807) is 23.3 Å². The number of benzene rings is 1. The minimum Gasteiger partial charge on any atom is -0.481 e. The van der Waals surface area contributed by atoms with Gasteiger partial charge in [0.25, 0.3) is 5.91 Å². The number of carboxylic acids is 1. The fourth-order valence-corrected chi connectivity index (χ4v) is 4.34. The average Bonchev–Trinajstić information content (AvgIpc) is 3.36. The molecule has 33 heavy (non-hydrogen) atoms. The number of ether oxygens (including phenoxy) is 1. The lowest BCUT2D eigenvalue weighted by molar-refractivity contribution is -0.137. The molecule has 1 amide bonds. The topological polar surface area (TPSA) is 80.0 Å². The summed E-state index contributed by atoms with van der Waals surface area (Å²) in [5, 5.41) is 8.76. The summed E-state index contributed by atoms with van der Waals surface area (Å²) in [7, 11) is 0. The first-order chi connectivity index (χ1) is 16.4. The third-order valence-electron chi connectivity index (χ3n) is 6.20. The lowest BCUT2D eigenvalue weighted by Gasteiger charge is -2.37. The predicted molar refractivity (Wildman–Crippen MR) is 128 cm³/mol. The van der Waals surface area contributed by atoms with E-state index in [0.717, 1.165) is 49.8 Å². The highest BCUT2D eigenvalue weighted by Gasteiger charge is 2.30. The third-order valence-corrected chi connectivity index (χ3v) is 6.20. The van der Waals surface area contributed by atoms with E-state index in [9.17, 15) is 9.59 Å². The Morgan fingerprint density at radius 3 is 2.58 bits per heavy atom. The molecule has 0 aliphatic heterocycles. The maximum absolute atomic E-state index is 13.5. The quantitative estimate of drug-likeness (QED) is 0.395. The Bertz CT molecular complexity index is 896. The number of nitrogens with zero attached hydrogens (tertiary/aromatic N) is 1. The number of hydrogen-bond acceptors (Lipinski definition) is 4. The number of hydrogen-bond donors (Lipinski definition) is 1. The molecule has 3 rings (SSSR count). The van der Waals surface area contributed by atoms with Gasteiger partial charge in [0.15, 0.2) is 0 Å². The van der Waals surface area contributed by atoms with Gasteiger partial charge in [0.2, 0.25) is 0 Å². The Balaban J connectivity index is 1.63. The molecule has 0 radical (unpaired) electrons. The van der Waals surface area contributed by atoms with E-state index in [4.69, 9.17) is 15.6 Å². The van der Waals surface area contributed by atoms with Crippen LogP contribution in [0.4, 0.5) is 0 Å². The lowest BCUT2D eigenvalue weighted by atomic mass is 9.85. The van der Waals surface area contributed by atoms with E-state index >= 15 is 0 Å². The first-order valence-electron chi connectivity index (χ1n) is 12.7. The SMILES string of the molecule is [2H]C(C1CCCCC1OCCCCCC(=O)O)N(C(=O)c1ccc(-c2ccco2)cc1)C(C)C. The van der Waals surface area contributed by atoms with Crippen molar-refractivity contribution in [1.82, 2.24) is 4.90 Å². The fourth-order valence-electron chi connectivity index (χ4n) is 4.34. The Morgan fingerprint density at radius 1 is 1.15 bits per heavy atom. The zero-order chi connectivity index (χ0) is 24.5. The summed E-state index contributed by atoms with van der Waals surface area (Å²) in [5.41, 5.74) is 1.47. The van der Waals surface area contributed by atoms with Gasteiger partial charge in [0.1, 0.15) is 5.76 Å². The van der Waals surface area contributed by atoms with Crippen molar-refractivity contribution in [2.24, 2.45) is 5.92 Å². The monoisotopic (exact) mass is 456 g/mol. The summed E-state index contributed by atoms with van der Waals surface area (Å²) in [4.78, 5) is 25.8. The molecule has 1 aliphatic rings.